The molecular formula is C21H23N5O3. The first-order valence-corrected chi connectivity index (χ1v) is 10.0. The molecule has 6 rings (SSSR count). The fourth-order valence-electron chi connectivity index (χ4n) is 4.97. The van der Waals surface area contributed by atoms with Crippen molar-refractivity contribution in [3.8, 4) is 0 Å². The number of amides is 2. The van der Waals surface area contributed by atoms with Gasteiger partial charge < -0.3 is 19.6 Å². The van der Waals surface area contributed by atoms with Crippen molar-refractivity contribution in [2.24, 2.45) is 11.7 Å². The van der Waals surface area contributed by atoms with Gasteiger partial charge in [0.15, 0.2) is 12.1 Å². The molecule has 2 saturated heterocycles. The highest BCUT2D eigenvalue weighted by molar-refractivity contribution is 5.92. The Kier molecular flexibility index (Phi) is 4.15. The van der Waals surface area contributed by atoms with Crippen LogP contribution in [0.1, 0.15) is 47.8 Å². The molecule has 1 saturated carbocycles. The Hall–Kier alpha value is -3.16. The lowest BCUT2D eigenvalue weighted by Gasteiger charge is -2.35. The van der Waals surface area contributed by atoms with E-state index in [2.05, 4.69) is 21.5 Å². The number of hydrogen-bond donors (Lipinski definition) is 1. The van der Waals surface area contributed by atoms with E-state index >= 15 is 0 Å². The van der Waals surface area contributed by atoms with Gasteiger partial charge in [0.25, 0.3) is 5.91 Å². The van der Waals surface area contributed by atoms with Gasteiger partial charge in [-0.3, -0.25) is 9.59 Å². The maximum atomic E-state index is 13.0. The molecule has 0 spiro atoms. The third kappa shape index (κ3) is 2.73. The van der Waals surface area contributed by atoms with Crippen LogP contribution in [-0.2, 0) is 17.8 Å². The molecule has 2 bridgehead atoms. The summed E-state index contributed by atoms with van der Waals surface area (Å²) in [5.74, 6) is 1.38. The topological polar surface area (TPSA) is 107 Å². The number of para-hydroxylation sites is 2. The Morgan fingerprint density at radius 1 is 1.31 bits per heavy atom. The molecule has 3 atom stereocenters. The van der Waals surface area contributed by atoms with Crippen molar-refractivity contribution >= 4 is 22.8 Å². The summed E-state index contributed by atoms with van der Waals surface area (Å²) in [6.45, 7) is 3.38. The van der Waals surface area contributed by atoms with Crippen LogP contribution in [0.2, 0.25) is 0 Å². The van der Waals surface area contributed by atoms with Crippen LogP contribution < -0.4 is 5.73 Å². The number of aryl methyl sites for hydroxylation is 2. The SMILES string of the molecule is CCc1nc2ccccc2n1CCC(=O)N1CC2CC1C2c1ocnc1C(N)=O. The number of carbonyl (C=O) groups excluding carboxylic acids is 2. The molecular weight excluding hydrogens is 370 g/mol. The highest BCUT2D eigenvalue weighted by atomic mass is 16.3. The minimum absolute atomic E-state index is 0.0178. The number of carbonyl (C=O) groups is 2. The van der Waals surface area contributed by atoms with Crippen LogP contribution in [0.15, 0.2) is 35.1 Å². The molecule has 4 heterocycles. The van der Waals surface area contributed by atoms with Crippen LogP contribution in [0.5, 0.6) is 0 Å². The second kappa shape index (κ2) is 6.72. The lowest BCUT2D eigenvalue weighted by atomic mass is 9.72. The Morgan fingerprint density at radius 2 is 2.14 bits per heavy atom. The predicted molar refractivity (Wildman–Crippen MR) is 105 cm³/mol. The smallest absolute Gasteiger partial charge is 0.270 e. The van der Waals surface area contributed by atoms with E-state index < -0.39 is 5.91 Å². The Labute approximate surface area is 167 Å². The van der Waals surface area contributed by atoms with Gasteiger partial charge in [-0.05, 0) is 24.5 Å². The first-order valence-electron chi connectivity index (χ1n) is 10.0. The zero-order valence-electron chi connectivity index (χ0n) is 16.2. The summed E-state index contributed by atoms with van der Waals surface area (Å²) in [6, 6.07) is 8.08. The number of benzene rings is 1. The summed E-state index contributed by atoms with van der Waals surface area (Å²) in [5.41, 5.74) is 7.62. The van der Waals surface area contributed by atoms with Crippen LogP contribution in [-0.4, -0.2) is 43.8 Å². The van der Waals surface area contributed by atoms with Crippen LogP contribution in [0.25, 0.3) is 11.0 Å². The minimum Gasteiger partial charge on any atom is -0.447 e. The molecule has 2 amide bonds. The molecule has 3 aromatic rings. The van der Waals surface area contributed by atoms with Gasteiger partial charge in [0.05, 0.1) is 11.0 Å². The van der Waals surface area contributed by atoms with Gasteiger partial charge in [0.1, 0.15) is 11.6 Å². The first kappa shape index (κ1) is 17.9. The molecule has 8 heteroatoms. The van der Waals surface area contributed by atoms with Gasteiger partial charge in [0.2, 0.25) is 5.91 Å². The average Bonchev–Trinajstić information content (AvgIpc) is 3.46. The molecule has 150 valence electrons. The summed E-state index contributed by atoms with van der Waals surface area (Å²) < 4.78 is 7.62. The van der Waals surface area contributed by atoms with E-state index in [1.54, 1.807) is 0 Å². The normalized spacial score (nSPS) is 22.8. The largest absolute Gasteiger partial charge is 0.447 e. The fourth-order valence-corrected chi connectivity index (χ4v) is 4.97. The Bertz CT molecular complexity index is 1100. The standard InChI is InChI=1S/C21H23N5O3/c1-2-16-24-13-5-3-4-6-14(13)25(16)8-7-17(27)26-10-12-9-15(26)18(12)20-19(21(22)28)23-11-29-20/h3-6,11-12,15,18H,2,7-10H2,1H3,(H2,22,28). The quantitative estimate of drug-likeness (QED) is 0.690. The van der Waals surface area contributed by atoms with Crippen molar-refractivity contribution in [1.29, 1.82) is 0 Å². The van der Waals surface area contributed by atoms with Crippen LogP contribution in [0.4, 0.5) is 0 Å². The highest BCUT2D eigenvalue weighted by Crippen LogP contribution is 2.53. The first-order chi connectivity index (χ1) is 14.1. The highest BCUT2D eigenvalue weighted by Gasteiger charge is 2.56. The van der Waals surface area contributed by atoms with Crippen molar-refractivity contribution in [3.05, 3.63) is 47.9 Å². The van der Waals surface area contributed by atoms with E-state index in [0.717, 1.165) is 29.7 Å². The van der Waals surface area contributed by atoms with E-state index in [9.17, 15) is 9.59 Å². The summed E-state index contributed by atoms with van der Waals surface area (Å²) in [7, 11) is 0. The zero-order chi connectivity index (χ0) is 20.1. The Morgan fingerprint density at radius 3 is 2.93 bits per heavy atom. The summed E-state index contributed by atoms with van der Waals surface area (Å²) >= 11 is 0. The molecule has 2 N–H and O–H groups in total. The molecule has 3 aliphatic rings. The number of primary amides is 1. The van der Waals surface area contributed by atoms with Crippen molar-refractivity contribution in [1.82, 2.24) is 19.4 Å². The van der Waals surface area contributed by atoms with E-state index in [0.29, 0.717) is 31.2 Å². The summed E-state index contributed by atoms with van der Waals surface area (Å²) in [5, 5.41) is 0. The van der Waals surface area contributed by atoms with Gasteiger partial charge >= 0.3 is 0 Å². The van der Waals surface area contributed by atoms with Crippen molar-refractivity contribution < 1.29 is 14.0 Å². The van der Waals surface area contributed by atoms with E-state index in [1.165, 1.54) is 6.39 Å². The zero-order valence-corrected chi connectivity index (χ0v) is 16.2. The van der Waals surface area contributed by atoms with Gasteiger partial charge in [-0.15, -0.1) is 0 Å². The molecule has 1 aromatic carbocycles. The van der Waals surface area contributed by atoms with Crippen molar-refractivity contribution in [3.63, 3.8) is 0 Å². The molecule has 29 heavy (non-hydrogen) atoms. The molecule has 0 radical (unpaired) electrons. The molecule has 3 fully saturated rings. The maximum absolute atomic E-state index is 13.0. The summed E-state index contributed by atoms with van der Waals surface area (Å²) in [4.78, 5) is 35.2. The molecule has 8 nitrogen and oxygen atoms in total. The number of nitrogens with two attached hydrogens (primary N) is 1. The second-order valence-electron chi connectivity index (χ2n) is 7.84. The fraction of sp³-hybridized carbons (Fsp3) is 0.429. The molecule has 3 unspecified atom stereocenters. The monoisotopic (exact) mass is 393 g/mol. The number of fused-ring (bicyclic) bond motifs is 2. The number of rotatable bonds is 6. The van der Waals surface area contributed by atoms with Crippen LogP contribution >= 0.6 is 0 Å². The third-order valence-corrected chi connectivity index (χ3v) is 6.35. The van der Waals surface area contributed by atoms with E-state index in [-0.39, 0.29) is 23.6 Å². The third-order valence-electron chi connectivity index (χ3n) is 6.35. The van der Waals surface area contributed by atoms with Gasteiger partial charge in [-0.1, -0.05) is 19.1 Å². The van der Waals surface area contributed by atoms with Gasteiger partial charge in [0, 0.05) is 37.9 Å². The molecule has 2 aromatic heterocycles. The van der Waals surface area contributed by atoms with Crippen molar-refractivity contribution in [2.45, 2.75) is 44.7 Å². The molecule has 1 aliphatic carbocycles. The van der Waals surface area contributed by atoms with Crippen LogP contribution in [0, 0.1) is 5.92 Å². The van der Waals surface area contributed by atoms with Crippen LogP contribution in [0.3, 0.4) is 0 Å². The second-order valence-corrected chi connectivity index (χ2v) is 7.84. The lowest BCUT2D eigenvalue weighted by molar-refractivity contribution is -0.131. The Balaban J connectivity index is 1.31. The number of hydrogen-bond acceptors (Lipinski definition) is 5. The van der Waals surface area contributed by atoms with Gasteiger partial charge in [-0.2, -0.15) is 0 Å². The minimum atomic E-state index is -0.586. The number of aromatic nitrogens is 3. The molecule has 2 aliphatic heterocycles. The van der Waals surface area contributed by atoms with E-state index in [4.69, 9.17) is 10.2 Å². The number of nitrogens with zero attached hydrogens (tertiary/aromatic N) is 4. The maximum Gasteiger partial charge on any atom is 0.270 e. The summed E-state index contributed by atoms with van der Waals surface area (Å²) in [6.07, 6.45) is 3.43. The average molecular weight is 393 g/mol. The predicted octanol–water partition coefficient (Wildman–Crippen LogP) is 2.09. The van der Waals surface area contributed by atoms with Gasteiger partial charge in [-0.25, -0.2) is 9.97 Å². The van der Waals surface area contributed by atoms with Crippen molar-refractivity contribution in [2.75, 3.05) is 6.54 Å². The van der Waals surface area contributed by atoms with E-state index in [1.807, 2.05) is 29.2 Å². The number of imidazole rings is 1. The number of oxazole rings is 1. The lowest BCUT2D eigenvalue weighted by Crippen LogP contribution is -2.40.